The average molecular weight is 355 g/mol. The summed E-state index contributed by atoms with van der Waals surface area (Å²) in [6.07, 6.45) is 2.82. The lowest BCUT2D eigenvalue weighted by atomic mass is 9.98. The van der Waals surface area contributed by atoms with Gasteiger partial charge in [0, 0.05) is 24.3 Å². The summed E-state index contributed by atoms with van der Waals surface area (Å²) < 4.78 is 5.13. The summed E-state index contributed by atoms with van der Waals surface area (Å²) in [6.45, 7) is 10.3. The molecule has 0 radical (unpaired) electrons. The molecule has 5 nitrogen and oxygen atoms in total. The molecule has 140 valence electrons. The molecule has 1 aliphatic heterocycles. The van der Waals surface area contributed by atoms with Crippen molar-refractivity contribution in [3.63, 3.8) is 0 Å². The molecular formula is C21H29N3O2. The number of aryl methyl sites for hydroxylation is 2. The van der Waals surface area contributed by atoms with Crippen molar-refractivity contribution in [1.82, 2.24) is 10.5 Å². The van der Waals surface area contributed by atoms with Crippen LogP contribution in [0.1, 0.15) is 55.3 Å². The molecule has 1 atom stereocenters. The number of amides is 1. The van der Waals surface area contributed by atoms with Gasteiger partial charge in [0.25, 0.3) is 0 Å². The number of carbonyl (C=O) groups is 1. The van der Waals surface area contributed by atoms with E-state index in [1.807, 2.05) is 20.8 Å². The smallest absolute Gasteiger partial charge is 0.225 e. The van der Waals surface area contributed by atoms with E-state index in [0.29, 0.717) is 12.2 Å². The highest BCUT2D eigenvalue weighted by atomic mass is 16.5. The Bertz CT molecular complexity index is 724. The monoisotopic (exact) mass is 355 g/mol. The maximum atomic E-state index is 12.4. The van der Waals surface area contributed by atoms with Crippen LogP contribution in [0, 0.1) is 19.8 Å². The SMILES string of the molecule is Cc1noc(C)c1CC(=O)N[C@H](C)c1ccc(N2CCC(C)CC2)cc1. The lowest BCUT2D eigenvalue weighted by Gasteiger charge is -2.32. The maximum absolute atomic E-state index is 12.4. The highest BCUT2D eigenvalue weighted by Gasteiger charge is 2.18. The van der Waals surface area contributed by atoms with Crippen LogP contribution in [-0.4, -0.2) is 24.2 Å². The molecule has 0 bridgehead atoms. The lowest BCUT2D eigenvalue weighted by Crippen LogP contribution is -2.32. The fourth-order valence-corrected chi connectivity index (χ4v) is 3.53. The van der Waals surface area contributed by atoms with Crippen molar-refractivity contribution in [2.24, 2.45) is 5.92 Å². The number of benzene rings is 1. The minimum Gasteiger partial charge on any atom is -0.372 e. The van der Waals surface area contributed by atoms with Gasteiger partial charge in [-0.3, -0.25) is 4.79 Å². The molecule has 3 rings (SSSR count). The Kier molecular flexibility index (Phi) is 5.64. The maximum Gasteiger partial charge on any atom is 0.225 e. The van der Waals surface area contributed by atoms with Gasteiger partial charge in [-0.15, -0.1) is 0 Å². The standard InChI is InChI=1S/C21H29N3O2/c1-14-9-11-24(12-10-14)19-7-5-18(6-8-19)15(2)22-21(25)13-20-16(3)23-26-17(20)4/h5-8,14-15H,9-13H2,1-4H3,(H,22,25)/t15-/m1/s1. The molecule has 1 aromatic heterocycles. The summed E-state index contributed by atoms with van der Waals surface area (Å²) in [5.74, 6) is 1.53. The molecule has 0 unspecified atom stereocenters. The molecule has 1 saturated heterocycles. The summed E-state index contributed by atoms with van der Waals surface area (Å²) in [5.41, 5.74) is 4.05. The van der Waals surface area contributed by atoms with Gasteiger partial charge in [-0.2, -0.15) is 0 Å². The minimum absolute atomic E-state index is 0.0130. The molecule has 0 spiro atoms. The van der Waals surface area contributed by atoms with Crippen LogP contribution < -0.4 is 10.2 Å². The van der Waals surface area contributed by atoms with Crippen LogP contribution in [0.2, 0.25) is 0 Å². The van der Waals surface area contributed by atoms with Crippen LogP contribution in [0.4, 0.5) is 5.69 Å². The number of rotatable bonds is 5. The van der Waals surface area contributed by atoms with Crippen molar-refractivity contribution in [2.45, 2.75) is 53.0 Å². The molecule has 0 aliphatic carbocycles. The van der Waals surface area contributed by atoms with Crippen molar-refractivity contribution in [2.75, 3.05) is 18.0 Å². The summed E-state index contributed by atoms with van der Waals surface area (Å²) in [4.78, 5) is 14.8. The molecule has 1 fully saturated rings. The summed E-state index contributed by atoms with van der Waals surface area (Å²) in [5, 5.41) is 6.98. The summed E-state index contributed by atoms with van der Waals surface area (Å²) >= 11 is 0. The zero-order valence-corrected chi connectivity index (χ0v) is 16.2. The van der Waals surface area contributed by atoms with Crippen molar-refractivity contribution >= 4 is 11.6 Å². The normalized spacial score (nSPS) is 16.5. The van der Waals surface area contributed by atoms with Crippen molar-refractivity contribution in [3.8, 4) is 0 Å². The fraction of sp³-hybridized carbons (Fsp3) is 0.524. The van der Waals surface area contributed by atoms with E-state index in [1.165, 1.54) is 18.5 Å². The Morgan fingerprint density at radius 2 is 1.92 bits per heavy atom. The van der Waals surface area contributed by atoms with E-state index in [9.17, 15) is 4.79 Å². The Morgan fingerprint density at radius 3 is 2.50 bits per heavy atom. The number of nitrogens with zero attached hydrogens (tertiary/aromatic N) is 2. The molecule has 1 amide bonds. The van der Waals surface area contributed by atoms with Crippen LogP contribution in [-0.2, 0) is 11.2 Å². The average Bonchev–Trinajstić information content (AvgIpc) is 2.94. The molecular weight excluding hydrogens is 326 g/mol. The van der Waals surface area contributed by atoms with Gasteiger partial charge in [0.2, 0.25) is 5.91 Å². The highest BCUT2D eigenvalue weighted by molar-refractivity contribution is 5.79. The third-order valence-corrected chi connectivity index (χ3v) is 5.44. The predicted molar refractivity (Wildman–Crippen MR) is 103 cm³/mol. The van der Waals surface area contributed by atoms with E-state index < -0.39 is 0 Å². The summed E-state index contributed by atoms with van der Waals surface area (Å²) in [6, 6.07) is 8.55. The van der Waals surface area contributed by atoms with E-state index in [1.54, 1.807) is 0 Å². The van der Waals surface area contributed by atoms with E-state index in [-0.39, 0.29) is 11.9 Å². The van der Waals surface area contributed by atoms with Gasteiger partial charge in [-0.05, 0) is 57.2 Å². The zero-order chi connectivity index (χ0) is 18.7. The minimum atomic E-state index is -0.0293. The third kappa shape index (κ3) is 4.26. The molecule has 2 heterocycles. The highest BCUT2D eigenvalue weighted by Crippen LogP contribution is 2.24. The molecule has 1 aromatic carbocycles. The summed E-state index contributed by atoms with van der Waals surface area (Å²) in [7, 11) is 0. The van der Waals surface area contributed by atoms with Gasteiger partial charge in [0.15, 0.2) is 0 Å². The number of aromatic nitrogens is 1. The first-order valence-corrected chi connectivity index (χ1v) is 9.50. The van der Waals surface area contributed by atoms with Crippen LogP contribution >= 0.6 is 0 Å². The number of hydrogen-bond donors (Lipinski definition) is 1. The number of piperidine rings is 1. The van der Waals surface area contributed by atoms with E-state index >= 15 is 0 Å². The van der Waals surface area contributed by atoms with Crippen molar-refractivity contribution in [3.05, 3.63) is 46.8 Å². The lowest BCUT2D eigenvalue weighted by molar-refractivity contribution is -0.121. The van der Waals surface area contributed by atoms with Crippen LogP contribution in [0.3, 0.4) is 0 Å². The van der Waals surface area contributed by atoms with Gasteiger partial charge in [0.1, 0.15) is 5.76 Å². The second-order valence-corrected chi connectivity index (χ2v) is 7.53. The fourth-order valence-electron chi connectivity index (χ4n) is 3.53. The molecule has 5 heteroatoms. The molecule has 26 heavy (non-hydrogen) atoms. The second kappa shape index (κ2) is 7.94. The van der Waals surface area contributed by atoms with E-state index in [2.05, 4.69) is 46.6 Å². The number of carbonyl (C=O) groups excluding carboxylic acids is 1. The number of hydrogen-bond acceptors (Lipinski definition) is 4. The first kappa shape index (κ1) is 18.5. The molecule has 1 aliphatic rings. The van der Waals surface area contributed by atoms with E-state index in [0.717, 1.165) is 35.8 Å². The quantitative estimate of drug-likeness (QED) is 0.882. The van der Waals surface area contributed by atoms with E-state index in [4.69, 9.17) is 4.52 Å². The van der Waals surface area contributed by atoms with Gasteiger partial charge in [-0.1, -0.05) is 24.2 Å². The van der Waals surface area contributed by atoms with Gasteiger partial charge in [-0.25, -0.2) is 0 Å². The van der Waals surface area contributed by atoms with Crippen LogP contribution in [0.5, 0.6) is 0 Å². The Hall–Kier alpha value is -2.30. The van der Waals surface area contributed by atoms with Crippen molar-refractivity contribution < 1.29 is 9.32 Å². The molecule has 2 aromatic rings. The van der Waals surface area contributed by atoms with Crippen molar-refractivity contribution in [1.29, 1.82) is 0 Å². The first-order valence-electron chi connectivity index (χ1n) is 9.50. The topological polar surface area (TPSA) is 58.4 Å². The van der Waals surface area contributed by atoms with Crippen LogP contribution in [0.25, 0.3) is 0 Å². The van der Waals surface area contributed by atoms with Gasteiger partial charge < -0.3 is 14.7 Å². The molecule has 1 N–H and O–H groups in total. The number of anilines is 1. The van der Waals surface area contributed by atoms with Gasteiger partial charge >= 0.3 is 0 Å². The Balaban J connectivity index is 1.57. The Morgan fingerprint density at radius 1 is 1.27 bits per heavy atom. The Labute approximate surface area is 155 Å². The first-order chi connectivity index (χ1) is 12.4. The predicted octanol–water partition coefficient (Wildman–Crippen LogP) is 3.95. The second-order valence-electron chi connectivity index (χ2n) is 7.53. The molecule has 0 saturated carbocycles. The zero-order valence-electron chi connectivity index (χ0n) is 16.2. The number of nitrogens with one attached hydrogen (secondary N) is 1. The third-order valence-electron chi connectivity index (χ3n) is 5.44. The van der Waals surface area contributed by atoms with Crippen LogP contribution in [0.15, 0.2) is 28.8 Å². The van der Waals surface area contributed by atoms with Gasteiger partial charge in [0.05, 0.1) is 18.2 Å². The largest absolute Gasteiger partial charge is 0.372 e.